The molecule has 1 fully saturated rings. The minimum atomic E-state index is -0.164. The lowest BCUT2D eigenvalue weighted by Crippen LogP contribution is -2.25. The summed E-state index contributed by atoms with van der Waals surface area (Å²) in [5.41, 5.74) is 2.58. The van der Waals surface area contributed by atoms with E-state index in [0.717, 1.165) is 42.3 Å². The van der Waals surface area contributed by atoms with Gasteiger partial charge in [-0.2, -0.15) is 4.98 Å². The molecule has 3 aromatic rings. The topological polar surface area (TPSA) is 59.8 Å². The van der Waals surface area contributed by atoms with Crippen molar-refractivity contribution < 1.29 is 0 Å². The van der Waals surface area contributed by atoms with E-state index in [1.165, 1.54) is 17.7 Å². The molecule has 1 aliphatic carbocycles. The lowest BCUT2D eigenvalue weighted by Gasteiger charge is -2.23. The zero-order chi connectivity index (χ0) is 22.9. The summed E-state index contributed by atoms with van der Waals surface area (Å²) in [6.07, 6.45) is 8.31. The number of anilines is 2. The molecule has 7 heteroatoms. The Kier molecular flexibility index (Phi) is 6.82. The van der Waals surface area contributed by atoms with E-state index < -0.39 is 0 Å². The zero-order valence-electron chi connectivity index (χ0n) is 19.2. The highest BCUT2D eigenvalue weighted by molar-refractivity contribution is 8.00. The first-order valence-electron chi connectivity index (χ1n) is 11.4. The third kappa shape index (κ3) is 4.96. The van der Waals surface area contributed by atoms with E-state index in [0.29, 0.717) is 11.6 Å². The van der Waals surface area contributed by atoms with Gasteiger partial charge in [-0.15, -0.1) is 11.8 Å². The summed E-state index contributed by atoms with van der Waals surface area (Å²) in [5.74, 6) is 0.487. The number of rotatable bonds is 7. The number of nitrogens with zero attached hydrogens (tertiary/aromatic N) is 3. The van der Waals surface area contributed by atoms with Gasteiger partial charge in [0.1, 0.15) is 10.7 Å². The molecule has 0 unspecified atom stereocenters. The van der Waals surface area contributed by atoms with Gasteiger partial charge in [-0.05, 0) is 56.0 Å². The van der Waals surface area contributed by atoms with Crippen LogP contribution >= 0.6 is 23.4 Å². The highest BCUT2D eigenvalue weighted by Crippen LogP contribution is 2.37. The van der Waals surface area contributed by atoms with Crippen molar-refractivity contribution in [3.63, 3.8) is 0 Å². The van der Waals surface area contributed by atoms with Crippen LogP contribution in [0.1, 0.15) is 70.9 Å². The molecule has 1 saturated carbocycles. The lowest BCUT2D eigenvalue weighted by atomic mass is 10.1. The molecule has 2 aromatic heterocycles. The average molecular weight is 471 g/mol. The molecular weight excluding hydrogens is 440 g/mol. The molecule has 1 aliphatic rings. The van der Waals surface area contributed by atoms with Gasteiger partial charge in [0.15, 0.2) is 0 Å². The Hall–Kier alpha value is -2.05. The van der Waals surface area contributed by atoms with Crippen molar-refractivity contribution in [1.29, 1.82) is 0 Å². The van der Waals surface area contributed by atoms with Gasteiger partial charge in [0, 0.05) is 33.0 Å². The fraction of sp³-hybridized carbons (Fsp3) is 0.480. The van der Waals surface area contributed by atoms with E-state index in [1.807, 2.05) is 11.8 Å². The molecule has 0 radical (unpaired) electrons. The van der Waals surface area contributed by atoms with Gasteiger partial charge in [-0.1, -0.05) is 51.6 Å². The lowest BCUT2D eigenvalue weighted by molar-refractivity contribution is 0.516. The normalized spacial score (nSPS) is 14.9. The number of nitrogens with one attached hydrogen (secondary N) is 1. The predicted octanol–water partition coefficient (Wildman–Crippen LogP) is 7.28. The molecule has 1 N–H and O–H groups in total. The second-order valence-corrected chi connectivity index (χ2v) is 11.5. The summed E-state index contributed by atoms with van der Waals surface area (Å²) in [5, 5.41) is 4.36. The van der Waals surface area contributed by atoms with Crippen LogP contribution in [-0.4, -0.2) is 19.3 Å². The molecular formula is C25H31ClN4OS. The van der Waals surface area contributed by atoms with E-state index in [4.69, 9.17) is 16.6 Å². The van der Waals surface area contributed by atoms with Gasteiger partial charge >= 0.3 is 0 Å². The molecule has 0 saturated heterocycles. The molecule has 4 rings (SSSR count). The second-order valence-electron chi connectivity index (χ2n) is 9.29. The average Bonchev–Trinajstić information content (AvgIpc) is 3.25. The van der Waals surface area contributed by atoms with Crippen molar-refractivity contribution in [2.45, 2.75) is 81.9 Å². The van der Waals surface area contributed by atoms with Gasteiger partial charge < -0.3 is 5.32 Å². The van der Waals surface area contributed by atoms with Crippen LogP contribution in [0.2, 0.25) is 5.02 Å². The number of benzene rings is 1. The third-order valence-electron chi connectivity index (χ3n) is 6.11. The highest BCUT2D eigenvalue weighted by atomic mass is 35.5. The minimum Gasteiger partial charge on any atom is -0.324 e. The van der Waals surface area contributed by atoms with Crippen molar-refractivity contribution in [3.05, 3.63) is 51.4 Å². The van der Waals surface area contributed by atoms with Crippen LogP contribution in [-0.2, 0) is 0 Å². The number of pyridine rings is 1. The van der Waals surface area contributed by atoms with E-state index in [1.54, 1.807) is 16.8 Å². The van der Waals surface area contributed by atoms with Crippen LogP contribution in [0.3, 0.4) is 0 Å². The van der Waals surface area contributed by atoms with Gasteiger partial charge in [0.2, 0.25) is 5.95 Å². The van der Waals surface area contributed by atoms with Crippen LogP contribution in [0.5, 0.6) is 0 Å². The summed E-state index contributed by atoms with van der Waals surface area (Å²) in [4.78, 5) is 23.3. The first kappa shape index (κ1) is 23.1. The van der Waals surface area contributed by atoms with E-state index in [-0.39, 0.29) is 21.4 Å². The van der Waals surface area contributed by atoms with Gasteiger partial charge in [0.25, 0.3) is 5.56 Å². The molecule has 0 spiro atoms. The Morgan fingerprint density at radius 3 is 2.69 bits per heavy atom. The summed E-state index contributed by atoms with van der Waals surface area (Å²) in [6, 6.07) is 8.26. The summed E-state index contributed by atoms with van der Waals surface area (Å²) in [7, 11) is 0. The fourth-order valence-corrected chi connectivity index (χ4v) is 6.11. The van der Waals surface area contributed by atoms with Crippen molar-refractivity contribution in [1.82, 2.24) is 14.5 Å². The SMILES string of the molecule is CCCC(C)(C)Sc1ccc(Nc2ncc3cc(Cl)c(=O)n(C4CCCC4)c3n2)c(C)c1. The molecule has 2 heterocycles. The molecule has 32 heavy (non-hydrogen) atoms. The third-order valence-corrected chi connectivity index (χ3v) is 7.63. The fourth-order valence-electron chi connectivity index (χ4n) is 4.58. The zero-order valence-corrected chi connectivity index (χ0v) is 20.8. The first-order chi connectivity index (χ1) is 15.3. The molecule has 5 nitrogen and oxygen atoms in total. The number of fused-ring (bicyclic) bond motifs is 1. The van der Waals surface area contributed by atoms with Crippen LogP contribution < -0.4 is 10.9 Å². The molecule has 1 aromatic carbocycles. The Bertz CT molecular complexity index is 1180. The molecule has 0 atom stereocenters. The van der Waals surface area contributed by atoms with E-state index in [2.05, 4.69) is 56.2 Å². The minimum absolute atomic E-state index is 0.149. The smallest absolute Gasteiger partial charge is 0.271 e. The van der Waals surface area contributed by atoms with Crippen molar-refractivity contribution in [2.24, 2.45) is 0 Å². The van der Waals surface area contributed by atoms with Crippen LogP contribution in [0.15, 0.2) is 40.2 Å². The maximum absolute atomic E-state index is 12.8. The maximum Gasteiger partial charge on any atom is 0.271 e. The van der Waals surface area contributed by atoms with Crippen LogP contribution in [0.4, 0.5) is 11.6 Å². The van der Waals surface area contributed by atoms with Gasteiger partial charge in [-0.25, -0.2) is 4.98 Å². The Morgan fingerprint density at radius 2 is 2.00 bits per heavy atom. The highest BCUT2D eigenvalue weighted by Gasteiger charge is 2.22. The van der Waals surface area contributed by atoms with Gasteiger partial charge in [0.05, 0.1) is 0 Å². The molecule has 0 bridgehead atoms. The molecule has 170 valence electrons. The Balaban J connectivity index is 1.64. The van der Waals surface area contributed by atoms with Crippen molar-refractivity contribution >= 4 is 46.0 Å². The monoisotopic (exact) mass is 470 g/mol. The Labute approximate surface area is 199 Å². The van der Waals surface area contributed by atoms with Crippen LogP contribution in [0.25, 0.3) is 11.0 Å². The van der Waals surface area contributed by atoms with E-state index in [9.17, 15) is 4.79 Å². The predicted molar refractivity (Wildman–Crippen MR) is 136 cm³/mol. The number of hydrogen-bond acceptors (Lipinski definition) is 5. The van der Waals surface area contributed by atoms with E-state index >= 15 is 0 Å². The van der Waals surface area contributed by atoms with Crippen molar-refractivity contribution in [3.8, 4) is 0 Å². The second kappa shape index (κ2) is 9.44. The number of thioether (sulfide) groups is 1. The largest absolute Gasteiger partial charge is 0.324 e. The molecule has 0 aliphatic heterocycles. The van der Waals surface area contributed by atoms with Crippen LogP contribution in [0, 0.1) is 6.92 Å². The standard InChI is InChI=1S/C25H31ClN4OS/c1-5-12-25(3,4)32-19-10-11-21(16(2)13-19)28-24-27-15-17-14-20(26)23(31)30(22(17)29-24)18-8-6-7-9-18/h10-11,13-15,18H,5-9,12H2,1-4H3,(H,27,28,29). The van der Waals surface area contributed by atoms with Crippen molar-refractivity contribution in [2.75, 3.05) is 5.32 Å². The Morgan fingerprint density at radius 1 is 1.25 bits per heavy atom. The first-order valence-corrected chi connectivity index (χ1v) is 12.6. The summed E-state index contributed by atoms with van der Waals surface area (Å²) < 4.78 is 1.99. The number of halogens is 1. The quantitative estimate of drug-likeness (QED) is 0.367. The number of aryl methyl sites for hydroxylation is 1. The number of hydrogen-bond donors (Lipinski definition) is 1. The van der Waals surface area contributed by atoms with Gasteiger partial charge in [-0.3, -0.25) is 9.36 Å². The molecule has 0 amide bonds. The maximum atomic E-state index is 12.8. The summed E-state index contributed by atoms with van der Waals surface area (Å²) in [6.45, 7) is 8.90. The summed E-state index contributed by atoms with van der Waals surface area (Å²) >= 11 is 8.15. The number of aromatic nitrogens is 3.